The highest BCUT2D eigenvalue weighted by Gasteiger charge is 2.12. The van der Waals surface area contributed by atoms with E-state index in [2.05, 4.69) is 15.5 Å². The molecule has 7 heteroatoms. The summed E-state index contributed by atoms with van der Waals surface area (Å²) in [6.07, 6.45) is 1.90. The lowest BCUT2D eigenvalue weighted by molar-refractivity contribution is -0.122. The second-order valence-electron chi connectivity index (χ2n) is 4.93. The van der Waals surface area contributed by atoms with Crippen LogP contribution in [0.15, 0.2) is 6.20 Å². The van der Waals surface area contributed by atoms with Crippen LogP contribution >= 0.6 is 0 Å². The van der Waals surface area contributed by atoms with Crippen LogP contribution in [0.4, 0.5) is 5.69 Å². The molecule has 2 rings (SSSR count). The first kappa shape index (κ1) is 14.1. The number of carbonyl (C=O) groups is 1. The molecule has 0 spiro atoms. The molecule has 0 aliphatic rings. The van der Waals surface area contributed by atoms with Gasteiger partial charge < -0.3 is 11.1 Å². The van der Waals surface area contributed by atoms with Gasteiger partial charge in [-0.25, -0.2) is 0 Å². The number of aromatic nitrogens is 4. The summed E-state index contributed by atoms with van der Waals surface area (Å²) in [6.45, 7) is 6.24. The molecule has 7 nitrogen and oxygen atoms in total. The summed E-state index contributed by atoms with van der Waals surface area (Å²) in [5.74, 6) is -0.0983. The molecule has 2 heterocycles. The van der Waals surface area contributed by atoms with Crippen molar-refractivity contribution in [2.75, 3.05) is 5.73 Å². The monoisotopic (exact) mass is 276 g/mol. The Morgan fingerprint density at radius 2 is 2.00 bits per heavy atom. The fourth-order valence-corrected chi connectivity index (χ4v) is 2.07. The molecular weight excluding hydrogens is 256 g/mol. The Kier molecular flexibility index (Phi) is 3.78. The molecule has 108 valence electrons. The van der Waals surface area contributed by atoms with Crippen molar-refractivity contribution in [1.82, 2.24) is 24.9 Å². The van der Waals surface area contributed by atoms with E-state index >= 15 is 0 Å². The summed E-state index contributed by atoms with van der Waals surface area (Å²) in [7, 11) is 1.86. The topological polar surface area (TPSA) is 90.8 Å². The van der Waals surface area contributed by atoms with E-state index in [1.54, 1.807) is 9.36 Å². The Bertz CT molecular complexity index is 640. The van der Waals surface area contributed by atoms with Gasteiger partial charge in [0.1, 0.15) is 6.54 Å². The molecule has 0 saturated heterocycles. The number of carbonyl (C=O) groups excluding carboxylic acids is 1. The van der Waals surface area contributed by atoms with E-state index in [4.69, 9.17) is 5.73 Å². The SMILES string of the molecule is Cc1nn(C)cc1CNC(=O)Cn1nc(C)c(N)c1C. The predicted molar refractivity (Wildman–Crippen MR) is 75.9 cm³/mol. The number of hydrogen-bond acceptors (Lipinski definition) is 4. The van der Waals surface area contributed by atoms with Gasteiger partial charge in [-0.2, -0.15) is 10.2 Å². The maximum atomic E-state index is 11.9. The molecule has 1 amide bonds. The van der Waals surface area contributed by atoms with Crippen LogP contribution in [0.2, 0.25) is 0 Å². The number of amides is 1. The smallest absolute Gasteiger partial charge is 0.242 e. The summed E-state index contributed by atoms with van der Waals surface area (Å²) < 4.78 is 3.36. The molecule has 0 unspecified atom stereocenters. The maximum Gasteiger partial charge on any atom is 0.242 e. The average molecular weight is 276 g/mol. The second-order valence-corrected chi connectivity index (χ2v) is 4.93. The summed E-state index contributed by atoms with van der Waals surface area (Å²) in [6, 6.07) is 0. The molecule has 3 N–H and O–H groups in total. The standard InChI is InChI=1S/C13H20N6O/c1-8-11(6-18(4)16-8)5-15-12(20)7-19-10(3)13(14)9(2)17-19/h6H,5,7,14H2,1-4H3,(H,15,20). The number of hydrogen-bond donors (Lipinski definition) is 2. The first-order valence-electron chi connectivity index (χ1n) is 6.43. The number of nitrogens with zero attached hydrogens (tertiary/aromatic N) is 4. The van der Waals surface area contributed by atoms with E-state index in [0.717, 1.165) is 22.6 Å². The van der Waals surface area contributed by atoms with Crippen LogP contribution in [0.3, 0.4) is 0 Å². The Labute approximate surface area is 117 Å². The van der Waals surface area contributed by atoms with Gasteiger partial charge in [-0.1, -0.05) is 0 Å². The van der Waals surface area contributed by atoms with Gasteiger partial charge in [0.2, 0.25) is 5.91 Å². The molecule has 0 fully saturated rings. The Hall–Kier alpha value is -2.31. The lowest BCUT2D eigenvalue weighted by Crippen LogP contribution is -2.28. The Balaban J connectivity index is 1.96. The molecular formula is C13H20N6O. The number of anilines is 1. The van der Waals surface area contributed by atoms with Gasteiger partial charge in [0, 0.05) is 25.4 Å². The zero-order chi connectivity index (χ0) is 14.9. The molecule has 2 aromatic rings. The highest BCUT2D eigenvalue weighted by Crippen LogP contribution is 2.14. The minimum atomic E-state index is -0.0983. The third-order valence-electron chi connectivity index (χ3n) is 3.32. The average Bonchev–Trinajstić information content (AvgIpc) is 2.82. The van der Waals surface area contributed by atoms with Gasteiger partial charge in [0.25, 0.3) is 0 Å². The van der Waals surface area contributed by atoms with Crippen molar-refractivity contribution < 1.29 is 4.79 Å². The third kappa shape index (κ3) is 2.81. The zero-order valence-corrected chi connectivity index (χ0v) is 12.3. The highest BCUT2D eigenvalue weighted by molar-refractivity contribution is 5.76. The van der Waals surface area contributed by atoms with Gasteiger partial charge in [-0.15, -0.1) is 0 Å². The molecule has 0 aliphatic carbocycles. The fourth-order valence-electron chi connectivity index (χ4n) is 2.07. The number of rotatable bonds is 4. The number of nitrogen functional groups attached to an aromatic ring is 1. The van der Waals surface area contributed by atoms with Gasteiger partial charge >= 0.3 is 0 Å². The Morgan fingerprint density at radius 3 is 2.50 bits per heavy atom. The minimum Gasteiger partial charge on any atom is -0.396 e. The number of nitrogens with two attached hydrogens (primary N) is 1. The molecule has 2 aromatic heterocycles. The molecule has 20 heavy (non-hydrogen) atoms. The highest BCUT2D eigenvalue weighted by atomic mass is 16.2. The van der Waals surface area contributed by atoms with Crippen LogP contribution in [0, 0.1) is 20.8 Å². The van der Waals surface area contributed by atoms with Gasteiger partial charge in [-0.05, 0) is 20.8 Å². The van der Waals surface area contributed by atoms with Gasteiger partial charge in [-0.3, -0.25) is 14.2 Å². The van der Waals surface area contributed by atoms with Crippen molar-refractivity contribution in [2.24, 2.45) is 7.05 Å². The normalized spacial score (nSPS) is 10.8. The largest absolute Gasteiger partial charge is 0.396 e. The van der Waals surface area contributed by atoms with Crippen LogP contribution in [0.5, 0.6) is 0 Å². The fraction of sp³-hybridized carbons (Fsp3) is 0.462. The predicted octanol–water partition coefficient (Wildman–Crippen LogP) is 0.440. The molecule has 0 atom stereocenters. The maximum absolute atomic E-state index is 11.9. The molecule has 0 aliphatic heterocycles. The van der Waals surface area contributed by atoms with E-state index in [1.165, 1.54) is 0 Å². The van der Waals surface area contributed by atoms with E-state index in [-0.39, 0.29) is 12.5 Å². The second kappa shape index (κ2) is 5.36. The Morgan fingerprint density at radius 1 is 1.30 bits per heavy atom. The summed E-state index contributed by atoms with van der Waals surface area (Å²) in [4.78, 5) is 11.9. The molecule has 0 bridgehead atoms. The van der Waals surface area contributed by atoms with Crippen molar-refractivity contribution in [3.05, 3.63) is 28.8 Å². The third-order valence-corrected chi connectivity index (χ3v) is 3.32. The van der Waals surface area contributed by atoms with Crippen molar-refractivity contribution in [2.45, 2.75) is 33.9 Å². The summed E-state index contributed by atoms with van der Waals surface area (Å²) in [5, 5.41) is 11.3. The number of aryl methyl sites for hydroxylation is 3. The molecule has 0 radical (unpaired) electrons. The van der Waals surface area contributed by atoms with Gasteiger partial charge in [0.15, 0.2) is 0 Å². The van der Waals surface area contributed by atoms with Crippen LogP contribution < -0.4 is 11.1 Å². The number of nitrogens with one attached hydrogen (secondary N) is 1. The van der Waals surface area contributed by atoms with E-state index in [1.807, 2.05) is 34.0 Å². The lowest BCUT2D eigenvalue weighted by atomic mass is 10.2. The van der Waals surface area contributed by atoms with E-state index < -0.39 is 0 Å². The van der Waals surface area contributed by atoms with Crippen LogP contribution in [0.1, 0.15) is 22.6 Å². The first-order chi connectivity index (χ1) is 9.38. The van der Waals surface area contributed by atoms with E-state index in [9.17, 15) is 4.79 Å². The van der Waals surface area contributed by atoms with Crippen molar-refractivity contribution in [1.29, 1.82) is 0 Å². The van der Waals surface area contributed by atoms with Crippen molar-refractivity contribution in [3.8, 4) is 0 Å². The summed E-state index contributed by atoms with van der Waals surface area (Å²) in [5.41, 5.74) is 9.97. The van der Waals surface area contributed by atoms with Crippen LogP contribution in [-0.2, 0) is 24.9 Å². The first-order valence-corrected chi connectivity index (χ1v) is 6.43. The molecule has 0 aromatic carbocycles. The minimum absolute atomic E-state index is 0.0983. The van der Waals surface area contributed by atoms with Crippen LogP contribution in [0.25, 0.3) is 0 Å². The zero-order valence-electron chi connectivity index (χ0n) is 12.3. The lowest BCUT2D eigenvalue weighted by Gasteiger charge is -2.06. The van der Waals surface area contributed by atoms with Crippen molar-refractivity contribution in [3.63, 3.8) is 0 Å². The van der Waals surface area contributed by atoms with Gasteiger partial charge in [0.05, 0.1) is 22.8 Å². The van der Waals surface area contributed by atoms with Crippen molar-refractivity contribution >= 4 is 11.6 Å². The quantitative estimate of drug-likeness (QED) is 0.847. The summed E-state index contributed by atoms with van der Waals surface area (Å²) >= 11 is 0. The molecule has 0 saturated carbocycles. The van der Waals surface area contributed by atoms with Crippen LogP contribution in [-0.4, -0.2) is 25.5 Å². The van der Waals surface area contributed by atoms with E-state index in [0.29, 0.717) is 12.2 Å².